The summed E-state index contributed by atoms with van der Waals surface area (Å²) in [6.45, 7) is 9.71. The van der Waals surface area contributed by atoms with Gasteiger partial charge in [-0.05, 0) is 44.5 Å². The fourth-order valence-electron chi connectivity index (χ4n) is 2.39. The third kappa shape index (κ3) is 3.93. The Kier molecular flexibility index (Phi) is 5.82. The number of hydrogen-bond acceptors (Lipinski definition) is 4. The van der Waals surface area contributed by atoms with E-state index < -0.39 is 0 Å². The Morgan fingerprint density at radius 3 is 2.35 bits per heavy atom. The predicted molar refractivity (Wildman–Crippen MR) is 95.2 cm³/mol. The third-order valence-electron chi connectivity index (χ3n) is 3.58. The molecule has 0 radical (unpaired) electrons. The van der Waals surface area contributed by atoms with E-state index in [9.17, 15) is 4.79 Å². The average molecular weight is 336 g/mol. The molecule has 0 saturated carbocycles. The Morgan fingerprint density at radius 2 is 1.78 bits per heavy atom. The van der Waals surface area contributed by atoms with Crippen LogP contribution in [-0.2, 0) is 6.54 Å². The number of ether oxygens (including phenoxy) is 2. The monoisotopic (exact) mass is 336 g/mol. The maximum absolute atomic E-state index is 12.8. The molecule has 0 saturated heterocycles. The van der Waals surface area contributed by atoms with Gasteiger partial charge in [0.15, 0.2) is 16.3 Å². The number of nitrogens with one attached hydrogen (secondary N) is 1. The molecule has 0 bridgehead atoms. The van der Waals surface area contributed by atoms with Crippen LogP contribution in [-0.4, -0.2) is 22.8 Å². The molecule has 6 heteroatoms. The molecule has 0 atom stereocenters. The highest BCUT2D eigenvalue weighted by Crippen LogP contribution is 2.30. The lowest BCUT2D eigenvalue weighted by Crippen LogP contribution is -2.23. The Labute approximate surface area is 141 Å². The average Bonchev–Trinajstić information content (AvgIpc) is 2.48. The summed E-state index contributed by atoms with van der Waals surface area (Å²) in [7, 11) is 0. The van der Waals surface area contributed by atoms with Crippen molar-refractivity contribution in [2.24, 2.45) is 5.92 Å². The van der Waals surface area contributed by atoms with Crippen molar-refractivity contribution in [2.75, 3.05) is 13.2 Å². The van der Waals surface area contributed by atoms with E-state index in [1.54, 1.807) is 16.7 Å². The van der Waals surface area contributed by atoms with Crippen molar-refractivity contribution in [1.29, 1.82) is 0 Å². The molecule has 2 rings (SSSR count). The van der Waals surface area contributed by atoms with Crippen LogP contribution in [0.15, 0.2) is 16.9 Å². The number of benzene rings is 1. The molecule has 1 aromatic carbocycles. The molecule has 0 aliphatic carbocycles. The van der Waals surface area contributed by atoms with Gasteiger partial charge < -0.3 is 14.5 Å². The molecule has 126 valence electrons. The zero-order chi connectivity index (χ0) is 17.0. The summed E-state index contributed by atoms with van der Waals surface area (Å²) in [4.78, 5) is 15.9. The molecule has 0 amide bonds. The third-order valence-corrected chi connectivity index (χ3v) is 3.90. The highest BCUT2D eigenvalue weighted by atomic mass is 32.1. The number of nitrogens with zero attached hydrogens (tertiary/aromatic N) is 1. The Bertz CT molecular complexity index is 793. The largest absolute Gasteiger partial charge is 0.490 e. The van der Waals surface area contributed by atoms with Crippen LogP contribution < -0.4 is 15.0 Å². The molecule has 0 spiro atoms. The summed E-state index contributed by atoms with van der Waals surface area (Å²) in [5.41, 5.74) is 0.584. The van der Waals surface area contributed by atoms with Crippen LogP contribution in [0.4, 0.5) is 0 Å². The van der Waals surface area contributed by atoms with Crippen LogP contribution in [0.2, 0.25) is 0 Å². The first kappa shape index (κ1) is 17.5. The van der Waals surface area contributed by atoms with Crippen LogP contribution in [0.3, 0.4) is 0 Å². The fraction of sp³-hybridized carbons (Fsp3) is 0.529. The molecule has 2 aromatic rings. The molecule has 0 unspecified atom stereocenters. The van der Waals surface area contributed by atoms with E-state index in [0.29, 0.717) is 52.8 Å². The highest BCUT2D eigenvalue weighted by Gasteiger charge is 2.12. The minimum atomic E-state index is -0.0894. The number of aromatic nitrogens is 2. The minimum absolute atomic E-state index is 0.0894. The van der Waals surface area contributed by atoms with E-state index in [2.05, 4.69) is 18.8 Å². The Hall–Kier alpha value is -1.82. The number of aromatic amines is 1. The van der Waals surface area contributed by atoms with Gasteiger partial charge in [-0.2, -0.15) is 0 Å². The lowest BCUT2D eigenvalue weighted by molar-refractivity contribution is 0.288. The first-order valence-corrected chi connectivity index (χ1v) is 8.45. The van der Waals surface area contributed by atoms with Crippen molar-refractivity contribution < 1.29 is 9.47 Å². The molecule has 1 N–H and O–H groups in total. The first-order chi connectivity index (χ1) is 11.0. The second-order valence-corrected chi connectivity index (χ2v) is 6.17. The quantitative estimate of drug-likeness (QED) is 0.779. The normalized spacial score (nSPS) is 11.2. The molecule has 0 aliphatic rings. The van der Waals surface area contributed by atoms with Crippen molar-refractivity contribution in [3.8, 4) is 11.5 Å². The van der Waals surface area contributed by atoms with Crippen molar-refractivity contribution in [2.45, 2.75) is 40.7 Å². The second-order valence-electron chi connectivity index (χ2n) is 5.78. The van der Waals surface area contributed by atoms with Gasteiger partial charge in [0.1, 0.15) is 0 Å². The second kappa shape index (κ2) is 7.64. The number of hydrogen-bond donors (Lipinski definition) is 1. The van der Waals surface area contributed by atoms with Gasteiger partial charge in [0.2, 0.25) is 0 Å². The van der Waals surface area contributed by atoms with Crippen LogP contribution in [0.1, 0.15) is 34.1 Å². The van der Waals surface area contributed by atoms with E-state index in [1.165, 1.54) is 0 Å². The van der Waals surface area contributed by atoms with Gasteiger partial charge in [-0.3, -0.25) is 9.36 Å². The van der Waals surface area contributed by atoms with Crippen LogP contribution in [0.25, 0.3) is 10.9 Å². The molecule has 1 aromatic heterocycles. The van der Waals surface area contributed by atoms with Gasteiger partial charge >= 0.3 is 0 Å². The summed E-state index contributed by atoms with van der Waals surface area (Å²) in [5.74, 6) is 1.71. The van der Waals surface area contributed by atoms with Gasteiger partial charge in [0.25, 0.3) is 5.56 Å². The van der Waals surface area contributed by atoms with E-state index in [4.69, 9.17) is 21.7 Å². The van der Waals surface area contributed by atoms with Gasteiger partial charge in [-0.25, -0.2) is 0 Å². The minimum Gasteiger partial charge on any atom is -0.490 e. The Balaban J connectivity index is 2.61. The smallest absolute Gasteiger partial charge is 0.262 e. The van der Waals surface area contributed by atoms with Crippen LogP contribution in [0.5, 0.6) is 11.5 Å². The highest BCUT2D eigenvalue weighted by molar-refractivity contribution is 7.71. The zero-order valence-electron chi connectivity index (χ0n) is 14.1. The lowest BCUT2D eigenvalue weighted by Gasteiger charge is -2.14. The summed E-state index contributed by atoms with van der Waals surface area (Å²) < 4.78 is 13.3. The van der Waals surface area contributed by atoms with Crippen molar-refractivity contribution in [3.63, 3.8) is 0 Å². The van der Waals surface area contributed by atoms with E-state index in [1.807, 2.05) is 13.8 Å². The molecule has 0 aliphatic heterocycles. The maximum Gasteiger partial charge on any atom is 0.262 e. The zero-order valence-corrected chi connectivity index (χ0v) is 15.0. The molecular formula is C17H24N2O3S. The van der Waals surface area contributed by atoms with Gasteiger partial charge in [-0.15, -0.1) is 0 Å². The summed E-state index contributed by atoms with van der Waals surface area (Å²) in [6.07, 6.45) is 0.901. The summed E-state index contributed by atoms with van der Waals surface area (Å²) >= 11 is 5.35. The van der Waals surface area contributed by atoms with Crippen molar-refractivity contribution in [1.82, 2.24) is 9.55 Å². The van der Waals surface area contributed by atoms with Crippen LogP contribution >= 0.6 is 12.2 Å². The molecule has 23 heavy (non-hydrogen) atoms. The van der Waals surface area contributed by atoms with Crippen molar-refractivity contribution >= 4 is 23.1 Å². The van der Waals surface area contributed by atoms with Crippen molar-refractivity contribution in [3.05, 3.63) is 27.3 Å². The van der Waals surface area contributed by atoms with E-state index >= 15 is 0 Å². The molecule has 1 heterocycles. The van der Waals surface area contributed by atoms with Gasteiger partial charge in [-0.1, -0.05) is 13.8 Å². The number of rotatable bonds is 7. The van der Waals surface area contributed by atoms with E-state index in [0.717, 1.165) is 6.42 Å². The Morgan fingerprint density at radius 1 is 1.17 bits per heavy atom. The summed E-state index contributed by atoms with van der Waals surface area (Å²) in [6, 6.07) is 3.52. The standard InChI is InChI=1S/C17H24N2O3S/c1-5-21-14-9-12-13(10-15(14)22-6-2)18-17(23)19(16(12)20)8-7-11(3)4/h9-11H,5-8H2,1-4H3,(H,18,23). The lowest BCUT2D eigenvalue weighted by atomic mass is 10.1. The summed E-state index contributed by atoms with van der Waals surface area (Å²) in [5, 5.41) is 0.564. The van der Waals surface area contributed by atoms with Gasteiger partial charge in [0.05, 0.1) is 24.1 Å². The number of fused-ring (bicyclic) bond motifs is 1. The maximum atomic E-state index is 12.8. The topological polar surface area (TPSA) is 56.2 Å². The number of H-pyrrole nitrogens is 1. The molecule has 5 nitrogen and oxygen atoms in total. The molecular weight excluding hydrogens is 312 g/mol. The predicted octanol–water partition coefficient (Wildman–Crippen LogP) is 3.90. The van der Waals surface area contributed by atoms with Gasteiger partial charge in [0, 0.05) is 12.6 Å². The fourth-order valence-corrected chi connectivity index (χ4v) is 2.67. The van der Waals surface area contributed by atoms with E-state index in [-0.39, 0.29) is 5.56 Å². The first-order valence-electron chi connectivity index (χ1n) is 8.04. The van der Waals surface area contributed by atoms with Crippen LogP contribution in [0, 0.1) is 10.7 Å². The SMILES string of the molecule is CCOc1cc2[nH]c(=S)n(CCC(C)C)c(=O)c2cc1OCC. The molecule has 0 fully saturated rings.